The number of allylic oxidation sites excluding steroid dienone is 1. The molecule has 4 aliphatic rings. The number of fused-ring (bicyclic) bond motifs is 3. The van der Waals surface area contributed by atoms with E-state index in [0.29, 0.717) is 24.0 Å². The number of anilines is 1. The molecule has 1 fully saturated rings. The number of carbonyl (C=O) groups is 1. The van der Waals surface area contributed by atoms with Crippen LogP contribution in [0.5, 0.6) is 5.75 Å². The van der Waals surface area contributed by atoms with Gasteiger partial charge in [0.1, 0.15) is 5.75 Å². The summed E-state index contributed by atoms with van der Waals surface area (Å²) in [6.07, 6.45) is 12.9. The molecule has 38 heavy (non-hydrogen) atoms. The third kappa shape index (κ3) is 4.73. The van der Waals surface area contributed by atoms with Crippen LogP contribution in [0.2, 0.25) is 5.02 Å². The van der Waals surface area contributed by atoms with E-state index >= 15 is 0 Å². The zero-order valence-electron chi connectivity index (χ0n) is 22.2. The molecule has 1 N–H and O–H groups in total. The minimum atomic E-state index is -0.342. The second kappa shape index (κ2) is 10.6. The maximum absolute atomic E-state index is 12.5. The minimum Gasteiger partial charge on any atom is -0.490 e. The number of carbonyl (C=O) groups excluding carboxylic acids is 1. The number of aliphatic hydroxyl groups excluding tert-OH is 1. The Morgan fingerprint density at radius 2 is 2.11 bits per heavy atom. The number of hydrogen-bond acceptors (Lipinski definition) is 5. The van der Waals surface area contributed by atoms with Crippen LogP contribution in [0.3, 0.4) is 0 Å². The average molecular weight is 536 g/mol. The molecule has 1 unspecified atom stereocenters. The van der Waals surface area contributed by atoms with Gasteiger partial charge in [-0.15, -0.1) is 0 Å². The van der Waals surface area contributed by atoms with Gasteiger partial charge in [0.15, 0.2) is 0 Å². The molecule has 6 heteroatoms. The maximum atomic E-state index is 12.5. The van der Waals surface area contributed by atoms with Crippen LogP contribution in [0.1, 0.15) is 66.4 Å². The lowest BCUT2D eigenvalue weighted by Gasteiger charge is -2.46. The first-order valence-electron chi connectivity index (χ1n) is 14.2. The fourth-order valence-corrected chi connectivity index (χ4v) is 7.55. The Hall–Kier alpha value is -2.50. The van der Waals surface area contributed by atoms with Crippen LogP contribution in [0.25, 0.3) is 0 Å². The van der Waals surface area contributed by atoms with Crippen molar-refractivity contribution in [1.29, 1.82) is 0 Å². The highest BCUT2D eigenvalue weighted by molar-refractivity contribution is 6.30. The van der Waals surface area contributed by atoms with Crippen molar-refractivity contribution in [2.24, 2.45) is 17.8 Å². The zero-order valence-corrected chi connectivity index (χ0v) is 23.0. The van der Waals surface area contributed by atoms with Gasteiger partial charge in [-0.1, -0.05) is 29.8 Å². The summed E-state index contributed by atoms with van der Waals surface area (Å²) in [5, 5.41) is 12.1. The number of aryl methyl sites for hydroxylation is 1. The lowest BCUT2D eigenvalue weighted by Crippen LogP contribution is -2.50. The molecule has 1 aliphatic heterocycles. The van der Waals surface area contributed by atoms with Crippen molar-refractivity contribution in [2.75, 3.05) is 31.7 Å². The van der Waals surface area contributed by atoms with Crippen molar-refractivity contribution in [1.82, 2.24) is 0 Å². The lowest BCUT2D eigenvalue weighted by molar-refractivity contribution is -0.0131. The molecule has 1 spiro atoms. The topological polar surface area (TPSA) is 59.0 Å². The van der Waals surface area contributed by atoms with Crippen molar-refractivity contribution in [3.8, 4) is 5.75 Å². The van der Waals surface area contributed by atoms with E-state index in [-0.39, 0.29) is 23.4 Å². The van der Waals surface area contributed by atoms with Crippen molar-refractivity contribution in [3.05, 3.63) is 70.3 Å². The molecule has 202 valence electrons. The zero-order chi connectivity index (χ0) is 26.3. The van der Waals surface area contributed by atoms with E-state index in [9.17, 15) is 9.90 Å². The number of esters is 1. The van der Waals surface area contributed by atoms with Crippen LogP contribution in [-0.4, -0.2) is 44.0 Å². The maximum Gasteiger partial charge on any atom is 0.337 e. The van der Waals surface area contributed by atoms with Gasteiger partial charge >= 0.3 is 5.97 Å². The molecule has 0 bridgehead atoms. The van der Waals surface area contributed by atoms with E-state index in [4.69, 9.17) is 21.1 Å². The average Bonchev–Trinajstić information content (AvgIpc) is 3.08. The molecular formula is C32H38ClNO4. The Morgan fingerprint density at radius 1 is 1.21 bits per heavy atom. The van der Waals surface area contributed by atoms with Gasteiger partial charge in [-0.2, -0.15) is 0 Å². The van der Waals surface area contributed by atoms with E-state index in [1.807, 2.05) is 18.2 Å². The molecule has 5 atom stereocenters. The van der Waals surface area contributed by atoms with E-state index < -0.39 is 0 Å². The smallest absolute Gasteiger partial charge is 0.337 e. The Bertz CT molecular complexity index is 1230. The molecule has 3 aliphatic carbocycles. The Labute approximate surface area is 230 Å². The molecular weight excluding hydrogens is 498 g/mol. The lowest BCUT2D eigenvalue weighted by atomic mass is 9.66. The fourth-order valence-electron chi connectivity index (χ4n) is 7.35. The summed E-state index contributed by atoms with van der Waals surface area (Å²) in [5.41, 5.74) is 3.96. The minimum absolute atomic E-state index is 0.160. The molecule has 2 aromatic carbocycles. The highest BCUT2D eigenvalue weighted by Crippen LogP contribution is 2.47. The van der Waals surface area contributed by atoms with E-state index in [2.05, 4.69) is 29.2 Å². The van der Waals surface area contributed by atoms with Gasteiger partial charge in [-0.05, 0) is 105 Å². The quantitative estimate of drug-likeness (QED) is 0.357. The van der Waals surface area contributed by atoms with Gasteiger partial charge in [0.2, 0.25) is 0 Å². The van der Waals surface area contributed by atoms with Gasteiger partial charge in [-0.25, -0.2) is 4.79 Å². The molecule has 5 nitrogen and oxygen atoms in total. The summed E-state index contributed by atoms with van der Waals surface area (Å²) >= 11 is 6.39. The molecule has 6 rings (SSSR count). The van der Waals surface area contributed by atoms with Gasteiger partial charge in [-0.3, -0.25) is 0 Å². The number of hydrogen-bond donors (Lipinski definition) is 1. The largest absolute Gasteiger partial charge is 0.490 e. The molecule has 0 amide bonds. The molecule has 0 saturated heterocycles. The van der Waals surface area contributed by atoms with Crippen molar-refractivity contribution >= 4 is 23.3 Å². The summed E-state index contributed by atoms with van der Waals surface area (Å²) in [6, 6.07) is 12.0. The van der Waals surface area contributed by atoms with Crippen molar-refractivity contribution < 1.29 is 19.4 Å². The number of halogens is 1. The Morgan fingerprint density at radius 3 is 2.87 bits per heavy atom. The van der Waals surface area contributed by atoms with E-state index in [0.717, 1.165) is 80.9 Å². The first kappa shape index (κ1) is 25.8. The Kier molecular flexibility index (Phi) is 7.17. The third-order valence-corrected chi connectivity index (χ3v) is 9.79. The molecule has 2 aromatic rings. The number of rotatable bonds is 5. The van der Waals surface area contributed by atoms with Gasteiger partial charge in [0, 0.05) is 29.4 Å². The van der Waals surface area contributed by atoms with E-state index in [1.54, 1.807) is 6.07 Å². The number of ether oxygens (including phenoxy) is 2. The van der Waals surface area contributed by atoms with Crippen molar-refractivity contribution in [3.63, 3.8) is 0 Å². The van der Waals surface area contributed by atoms with Crippen LogP contribution >= 0.6 is 11.6 Å². The molecule has 1 saturated carbocycles. The number of methoxy groups -OCH3 is 1. The summed E-state index contributed by atoms with van der Waals surface area (Å²) in [7, 11) is 1.42. The third-order valence-electron chi connectivity index (χ3n) is 9.56. The van der Waals surface area contributed by atoms with Crippen LogP contribution < -0.4 is 9.64 Å². The highest BCUT2D eigenvalue weighted by Gasteiger charge is 2.45. The van der Waals surface area contributed by atoms with Crippen molar-refractivity contribution in [2.45, 2.75) is 62.9 Å². The van der Waals surface area contributed by atoms with E-state index in [1.165, 1.54) is 18.2 Å². The standard InChI is InChI=1S/C32H38ClNO4/c1-37-31(36)23-10-14-29-28(17-23)34(18-24-9-12-26(24)30(35)21-6-3-2-4-7-21)19-32(20-38-29)15-5-8-22-16-25(33)11-13-27(22)32/h3,6,10-11,13-14,16-17,21,24,26,30,35H,2,4-5,7-9,12,15,18-20H2,1H3/t21-,24+,26-,30+,32?/m1/s1. The summed E-state index contributed by atoms with van der Waals surface area (Å²) in [4.78, 5) is 14.9. The number of benzene rings is 2. The highest BCUT2D eigenvalue weighted by atomic mass is 35.5. The molecule has 1 heterocycles. The first-order valence-corrected chi connectivity index (χ1v) is 14.6. The first-order chi connectivity index (χ1) is 18.5. The Balaban J connectivity index is 1.34. The van der Waals surface area contributed by atoms with Crippen LogP contribution in [-0.2, 0) is 16.6 Å². The number of aliphatic hydroxyl groups is 1. The summed E-state index contributed by atoms with van der Waals surface area (Å²) < 4.78 is 11.6. The summed E-state index contributed by atoms with van der Waals surface area (Å²) in [6.45, 7) is 2.23. The molecule has 0 aromatic heterocycles. The molecule has 0 radical (unpaired) electrons. The van der Waals surface area contributed by atoms with Crippen LogP contribution in [0, 0.1) is 17.8 Å². The SMILES string of the molecule is COC(=O)c1ccc2c(c1)N(C[C@@H]1CC[C@H]1[C@@H](O)[C@@H]1C=CCCC1)CC1(CCCc3cc(Cl)ccc31)CO2. The fraction of sp³-hybridized carbons (Fsp3) is 0.531. The monoisotopic (exact) mass is 535 g/mol. The number of nitrogens with zero attached hydrogens (tertiary/aromatic N) is 1. The van der Waals surface area contributed by atoms with Crippen LogP contribution in [0.15, 0.2) is 48.6 Å². The normalized spacial score (nSPS) is 28.9. The second-order valence-corrected chi connectivity index (χ2v) is 12.2. The van der Waals surface area contributed by atoms with Gasteiger partial charge in [0.05, 0.1) is 31.1 Å². The predicted molar refractivity (Wildman–Crippen MR) is 150 cm³/mol. The van der Waals surface area contributed by atoms with Gasteiger partial charge in [0.25, 0.3) is 0 Å². The second-order valence-electron chi connectivity index (χ2n) is 11.8. The predicted octanol–water partition coefficient (Wildman–Crippen LogP) is 6.34. The summed E-state index contributed by atoms with van der Waals surface area (Å²) in [5.74, 6) is 1.43. The van der Waals surface area contributed by atoms with Crippen LogP contribution in [0.4, 0.5) is 5.69 Å². The van der Waals surface area contributed by atoms with Gasteiger partial charge < -0.3 is 19.5 Å².